The second-order valence-corrected chi connectivity index (χ2v) is 4.87. The Labute approximate surface area is 122 Å². The lowest BCUT2D eigenvalue weighted by Gasteiger charge is -2.11. The molecule has 0 aliphatic heterocycles. The molecule has 6 nitrogen and oxygen atoms in total. The SMILES string of the molecule is Cc1cc(Nc2cc(OC(C)C)ncn2)ccc1C(=O)O. The van der Waals surface area contributed by atoms with Gasteiger partial charge in [0.15, 0.2) is 0 Å². The van der Waals surface area contributed by atoms with Gasteiger partial charge in [0.05, 0.1) is 11.7 Å². The molecule has 2 N–H and O–H groups in total. The average molecular weight is 287 g/mol. The van der Waals surface area contributed by atoms with Gasteiger partial charge in [0, 0.05) is 11.8 Å². The Morgan fingerprint density at radius 1 is 1.29 bits per heavy atom. The van der Waals surface area contributed by atoms with Crippen LogP contribution < -0.4 is 10.1 Å². The number of carboxylic acid groups (broad SMARTS) is 1. The summed E-state index contributed by atoms with van der Waals surface area (Å²) in [5.74, 6) is 0.137. The van der Waals surface area contributed by atoms with Crippen molar-refractivity contribution in [2.45, 2.75) is 26.9 Å². The molecule has 2 aromatic rings. The standard InChI is InChI=1S/C15H17N3O3/c1-9(2)21-14-7-13(16-8-17-14)18-11-4-5-12(15(19)20)10(3)6-11/h4-9H,1-3H3,(H,19,20)(H,16,17,18). The second-order valence-electron chi connectivity index (χ2n) is 4.87. The Bertz CT molecular complexity index is 656. The van der Waals surface area contributed by atoms with Crippen LogP contribution in [-0.4, -0.2) is 27.1 Å². The smallest absolute Gasteiger partial charge is 0.335 e. The number of nitrogens with zero attached hydrogens (tertiary/aromatic N) is 2. The van der Waals surface area contributed by atoms with Crippen molar-refractivity contribution in [3.05, 3.63) is 41.7 Å². The maximum absolute atomic E-state index is 11.0. The van der Waals surface area contributed by atoms with Gasteiger partial charge in [-0.05, 0) is 44.5 Å². The molecule has 110 valence electrons. The largest absolute Gasteiger partial charge is 0.478 e. The molecule has 1 heterocycles. The van der Waals surface area contributed by atoms with Crippen molar-refractivity contribution in [2.24, 2.45) is 0 Å². The molecule has 0 aliphatic rings. The van der Waals surface area contributed by atoms with Crippen molar-refractivity contribution < 1.29 is 14.6 Å². The number of ether oxygens (including phenoxy) is 1. The fraction of sp³-hybridized carbons (Fsp3) is 0.267. The Hall–Kier alpha value is -2.63. The van der Waals surface area contributed by atoms with E-state index in [9.17, 15) is 4.79 Å². The van der Waals surface area contributed by atoms with Crippen LogP contribution in [0.5, 0.6) is 5.88 Å². The Morgan fingerprint density at radius 3 is 2.67 bits per heavy atom. The predicted molar refractivity (Wildman–Crippen MR) is 79.2 cm³/mol. The summed E-state index contributed by atoms with van der Waals surface area (Å²) in [5.41, 5.74) is 1.72. The zero-order chi connectivity index (χ0) is 15.4. The average Bonchev–Trinajstić information content (AvgIpc) is 2.37. The number of carboxylic acids is 1. The topological polar surface area (TPSA) is 84.3 Å². The van der Waals surface area contributed by atoms with E-state index in [0.29, 0.717) is 17.3 Å². The minimum absolute atomic E-state index is 0.0323. The van der Waals surface area contributed by atoms with Crippen LogP contribution in [0.3, 0.4) is 0 Å². The number of anilines is 2. The van der Waals surface area contributed by atoms with Gasteiger partial charge < -0.3 is 15.2 Å². The van der Waals surface area contributed by atoms with Crippen molar-refractivity contribution in [3.8, 4) is 5.88 Å². The molecule has 0 fully saturated rings. The second kappa shape index (κ2) is 6.21. The first-order valence-electron chi connectivity index (χ1n) is 6.55. The van der Waals surface area contributed by atoms with Gasteiger partial charge in [0.25, 0.3) is 0 Å². The monoisotopic (exact) mass is 287 g/mol. The Kier molecular flexibility index (Phi) is 4.37. The van der Waals surface area contributed by atoms with E-state index in [-0.39, 0.29) is 11.7 Å². The summed E-state index contributed by atoms with van der Waals surface area (Å²) in [6.07, 6.45) is 1.45. The van der Waals surface area contributed by atoms with E-state index < -0.39 is 5.97 Å². The predicted octanol–water partition coefficient (Wildman–Crippen LogP) is 3.01. The van der Waals surface area contributed by atoms with Gasteiger partial charge >= 0.3 is 5.97 Å². The molecule has 21 heavy (non-hydrogen) atoms. The third-order valence-electron chi connectivity index (χ3n) is 2.73. The zero-order valence-corrected chi connectivity index (χ0v) is 12.1. The summed E-state index contributed by atoms with van der Waals surface area (Å²) < 4.78 is 5.50. The van der Waals surface area contributed by atoms with E-state index in [2.05, 4.69) is 15.3 Å². The number of aromatic carboxylic acids is 1. The first-order valence-corrected chi connectivity index (χ1v) is 6.55. The molecule has 0 saturated carbocycles. The van der Waals surface area contributed by atoms with E-state index in [1.54, 1.807) is 31.2 Å². The molecule has 0 spiro atoms. The van der Waals surface area contributed by atoms with Crippen molar-refractivity contribution >= 4 is 17.5 Å². The van der Waals surface area contributed by atoms with Crippen LogP contribution >= 0.6 is 0 Å². The summed E-state index contributed by atoms with van der Waals surface area (Å²) in [5, 5.41) is 12.1. The molecule has 1 aromatic heterocycles. The Morgan fingerprint density at radius 2 is 2.05 bits per heavy atom. The highest BCUT2D eigenvalue weighted by atomic mass is 16.5. The molecule has 0 bridgehead atoms. The highest BCUT2D eigenvalue weighted by Gasteiger charge is 2.08. The lowest BCUT2D eigenvalue weighted by atomic mass is 10.1. The van der Waals surface area contributed by atoms with Crippen LogP contribution in [-0.2, 0) is 0 Å². The van der Waals surface area contributed by atoms with Gasteiger partial charge in [-0.15, -0.1) is 0 Å². The number of benzene rings is 1. The zero-order valence-electron chi connectivity index (χ0n) is 12.1. The van der Waals surface area contributed by atoms with Crippen LogP contribution in [0.1, 0.15) is 29.8 Å². The summed E-state index contributed by atoms with van der Waals surface area (Å²) in [6.45, 7) is 5.59. The quantitative estimate of drug-likeness (QED) is 0.879. The number of hydrogen-bond acceptors (Lipinski definition) is 5. The van der Waals surface area contributed by atoms with Gasteiger partial charge in [-0.25, -0.2) is 14.8 Å². The third kappa shape index (κ3) is 3.92. The van der Waals surface area contributed by atoms with Gasteiger partial charge in [-0.2, -0.15) is 0 Å². The van der Waals surface area contributed by atoms with Crippen molar-refractivity contribution in [1.82, 2.24) is 9.97 Å². The van der Waals surface area contributed by atoms with Crippen LogP contribution in [0, 0.1) is 6.92 Å². The highest BCUT2D eigenvalue weighted by molar-refractivity contribution is 5.90. The first kappa shape index (κ1) is 14.8. The van der Waals surface area contributed by atoms with Crippen molar-refractivity contribution in [3.63, 3.8) is 0 Å². The van der Waals surface area contributed by atoms with Gasteiger partial charge in [0.1, 0.15) is 12.1 Å². The molecule has 0 amide bonds. The van der Waals surface area contributed by atoms with E-state index in [4.69, 9.17) is 9.84 Å². The van der Waals surface area contributed by atoms with E-state index in [1.807, 2.05) is 13.8 Å². The number of hydrogen-bond donors (Lipinski definition) is 2. The fourth-order valence-corrected chi connectivity index (χ4v) is 1.84. The minimum Gasteiger partial charge on any atom is -0.478 e. The van der Waals surface area contributed by atoms with Gasteiger partial charge in [-0.3, -0.25) is 0 Å². The van der Waals surface area contributed by atoms with E-state index in [1.165, 1.54) is 6.33 Å². The molecular formula is C15H17N3O3. The number of aryl methyl sites for hydroxylation is 1. The summed E-state index contributed by atoms with van der Waals surface area (Å²) in [6, 6.07) is 6.71. The van der Waals surface area contributed by atoms with E-state index in [0.717, 1.165) is 5.69 Å². The van der Waals surface area contributed by atoms with Crippen molar-refractivity contribution in [1.29, 1.82) is 0 Å². The molecule has 0 unspecified atom stereocenters. The molecule has 6 heteroatoms. The highest BCUT2D eigenvalue weighted by Crippen LogP contribution is 2.20. The lowest BCUT2D eigenvalue weighted by Crippen LogP contribution is -2.07. The van der Waals surface area contributed by atoms with Crippen LogP contribution in [0.4, 0.5) is 11.5 Å². The molecule has 0 radical (unpaired) electrons. The van der Waals surface area contributed by atoms with E-state index >= 15 is 0 Å². The molecule has 0 saturated heterocycles. The number of aromatic nitrogens is 2. The maximum atomic E-state index is 11.0. The number of rotatable bonds is 5. The fourth-order valence-electron chi connectivity index (χ4n) is 1.84. The van der Waals surface area contributed by atoms with Gasteiger partial charge in [0.2, 0.25) is 5.88 Å². The maximum Gasteiger partial charge on any atom is 0.335 e. The summed E-state index contributed by atoms with van der Waals surface area (Å²) in [7, 11) is 0. The lowest BCUT2D eigenvalue weighted by molar-refractivity contribution is 0.0696. The molecule has 2 rings (SSSR count). The first-order chi connectivity index (χ1) is 9.95. The molecular weight excluding hydrogens is 270 g/mol. The third-order valence-corrected chi connectivity index (χ3v) is 2.73. The van der Waals surface area contributed by atoms with Crippen LogP contribution in [0.15, 0.2) is 30.6 Å². The summed E-state index contributed by atoms with van der Waals surface area (Å²) in [4.78, 5) is 19.1. The summed E-state index contributed by atoms with van der Waals surface area (Å²) >= 11 is 0. The molecule has 0 aliphatic carbocycles. The van der Waals surface area contributed by atoms with Gasteiger partial charge in [-0.1, -0.05) is 0 Å². The molecule has 1 aromatic carbocycles. The van der Waals surface area contributed by atoms with Crippen LogP contribution in [0.25, 0.3) is 0 Å². The van der Waals surface area contributed by atoms with Crippen molar-refractivity contribution in [2.75, 3.05) is 5.32 Å². The normalized spacial score (nSPS) is 10.5. The van der Waals surface area contributed by atoms with Crippen LogP contribution in [0.2, 0.25) is 0 Å². The molecule has 0 atom stereocenters. The number of nitrogens with one attached hydrogen (secondary N) is 1. The number of carbonyl (C=O) groups is 1. The Balaban J connectivity index is 2.18. The minimum atomic E-state index is -0.936.